The zero-order chi connectivity index (χ0) is 27.3. The minimum Gasteiger partial charge on any atom is -0.480 e. The van der Waals surface area contributed by atoms with E-state index in [1.54, 1.807) is 27.8 Å². The van der Waals surface area contributed by atoms with Crippen LogP contribution >= 0.6 is 0 Å². The Balaban J connectivity index is 0.000000355. The van der Waals surface area contributed by atoms with Crippen molar-refractivity contribution >= 4 is 24.1 Å². The molecule has 11 nitrogen and oxygen atoms in total. The Bertz CT molecular complexity index is 774. The van der Waals surface area contributed by atoms with E-state index in [9.17, 15) is 19.2 Å². The summed E-state index contributed by atoms with van der Waals surface area (Å²) in [4.78, 5) is 54.7. The Kier molecular flexibility index (Phi) is 10.4. The number of carboxylic acid groups (broad SMARTS) is 1. The van der Waals surface area contributed by atoms with Gasteiger partial charge in [0.15, 0.2) is 0 Å². The van der Waals surface area contributed by atoms with Crippen molar-refractivity contribution in [3.63, 3.8) is 0 Å². The van der Waals surface area contributed by atoms with Gasteiger partial charge in [0.25, 0.3) is 5.91 Å². The molecule has 1 N–H and O–H groups in total. The highest BCUT2D eigenvalue weighted by molar-refractivity contribution is 5.85. The molecule has 0 aromatic rings. The van der Waals surface area contributed by atoms with Crippen LogP contribution in [-0.4, -0.2) is 94.6 Å². The number of carbonyl (C=O) groups excluding carboxylic acids is 3. The van der Waals surface area contributed by atoms with Crippen LogP contribution in [0.4, 0.5) is 9.59 Å². The van der Waals surface area contributed by atoms with Crippen LogP contribution in [0.5, 0.6) is 0 Å². The molecule has 4 atom stereocenters. The van der Waals surface area contributed by atoms with Gasteiger partial charge >= 0.3 is 18.2 Å². The van der Waals surface area contributed by atoms with Crippen molar-refractivity contribution in [2.75, 3.05) is 27.2 Å². The van der Waals surface area contributed by atoms with Gasteiger partial charge in [-0.25, -0.2) is 19.4 Å². The predicted octanol–water partition coefficient (Wildman–Crippen LogP) is 3.37. The maximum atomic E-state index is 12.2. The molecule has 2 heterocycles. The van der Waals surface area contributed by atoms with E-state index in [0.29, 0.717) is 25.9 Å². The van der Waals surface area contributed by atoms with Crippen LogP contribution < -0.4 is 0 Å². The lowest BCUT2D eigenvalue weighted by Gasteiger charge is -2.29. The summed E-state index contributed by atoms with van der Waals surface area (Å²) in [5, 5.41) is 10.2. The minimum atomic E-state index is -0.963. The van der Waals surface area contributed by atoms with E-state index in [-0.39, 0.29) is 17.7 Å². The van der Waals surface area contributed by atoms with Gasteiger partial charge in [-0.15, -0.1) is 0 Å². The van der Waals surface area contributed by atoms with Gasteiger partial charge in [-0.3, -0.25) is 19.4 Å². The molecule has 11 heteroatoms. The zero-order valence-corrected chi connectivity index (χ0v) is 22.8. The van der Waals surface area contributed by atoms with Crippen LogP contribution in [0.3, 0.4) is 0 Å². The number of ether oxygens (including phenoxy) is 2. The molecule has 0 radical (unpaired) electrons. The number of carbonyl (C=O) groups is 4. The second-order valence-electron chi connectivity index (χ2n) is 11.3. The quantitative estimate of drug-likeness (QED) is 0.584. The predicted molar refractivity (Wildman–Crippen MR) is 128 cm³/mol. The van der Waals surface area contributed by atoms with E-state index < -0.39 is 41.4 Å². The van der Waals surface area contributed by atoms with Crippen LogP contribution in [-0.2, 0) is 23.9 Å². The third-order valence-electron chi connectivity index (χ3n) is 5.43. The monoisotopic (exact) mass is 501 g/mol. The second-order valence-corrected chi connectivity index (χ2v) is 11.3. The smallest absolute Gasteiger partial charge is 0.411 e. The van der Waals surface area contributed by atoms with Gasteiger partial charge in [0.05, 0.1) is 7.11 Å². The third kappa shape index (κ3) is 9.54. The maximum Gasteiger partial charge on any atom is 0.411 e. The van der Waals surface area contributed by atoms with Gasteiger partial charge < -0.3 is 14.6 Å². The van der Waals surface area contributed by atoms with Crippen LogP contribution in [0.1, 0.15) is 68.2 Å². The van der Waals surface area contributed by atoms with Gasteiger partial charge in [-0.1, -0.05) is 13.8 Å². The highest BCUT2D eigenvalue weighted by atomic mass is 16.7. The second kappa shape index (κ2) is 11.9. The summed E-state index contributed by atoms with van der Waals surface area (Å²) in [6.45, 7) is 15.6. The van der Waals surface area contributed by atoms with Gasteiger partial charge in [-0.2, -0.15) is 0 Å². The number of aliphatic carboxylic acids is 1. The molecule has 0 aliphatic carbocycles. The summed E-state index contributed by atoms with van der Waals surface area (Å²) >= 11 is 0. The molecule has 0 spiro atoms. The fraction of sp³-hybridized carbons (Fsp3) is 0.833. The van der Waals surface area contributed by atoms with Crippen molar-refractivity contribution in [1.82, 2.24) is 14.9 Å². The first-order valence-corrected chi connectivity index (χ1v) is 11.9. The molecule has 2 fully saturated rings. The Labute approximate surface area is 208 Å². The lowest BCUT2D eigenvalue weighted by Crippen LogP contribution is -2.47. The number of amides is 3. The van der Waals surface area contributed by atoms with Crippen molar-refractivity contribution < 1.29 is 38.6 Å². The first-order chi connectivity index (χ1) is 15.9. The molecular weight excluding hydrogens is 458 g/mol. The molecule has 0 aromatic heterocycles. The fourth-order valence-electron chi connectivity index (χ4n) is 3.90. The molecule has 2 aliphatic rings. The summed E-state index contributed by atoms with van der Waals surface area (Å²) in [5.41, 5.74) is -1.16. The van der Waals surface area contributed by atoms with E-state index in [2.05, 4.69) is 0 Å². The topological polar surface area (TPSA) is 126 Å². The standard InChI is InChI=1S/C13H24N2O4.C11H19NO4/c1-9-7-10(11(16)14(5)18-6)15(8-9)12(17)19-13(2,3)4;1-7-5-8(9(13)14)12(6-7)10(15)16-11(2,3)4/h9-10H,7-8H2,1-6H3;7-8H,5-6H2,1-4H3,(H,13,14)/t9-,10-;7-,8-/m11/s1. The summed E-state index contributed by atoms with van der Waals surface area (Å²) in [7, 11) is 2.96. The molecule has 0 bridgehead atoms. The molecule has 202 valence electrons. The summed E-state index contributed by atoms with van der Waals surface area (Å²) in [6.07, 6.45) is 0.143. The average Bonchev–Trinajstić information content (AvgIpc) is 3.27. The summed E-state index contributed by atoms with van der Waals surface area (Å²) in [6, 6.07) is -1.25. The number of likely N-dealkylation sites (tertiary alicyclic amines) is 2. The number of hydroxylamine groups is 2. The van der Waals surface area contributed by atoms with E-state index in [4.69, 9.17) is 19.4 Å². The molecule has 2 saturated heterocycles. The lowest BCUT2D eigenvalue weighted by atomic mass is 10.1. The van der Waals surface area contributed by atoms with Crippen LogP contribution in [0.2, 0.25) is 0 Å². The Morgan fingerprint density at radius 3 is 1.51 bits per heavy atom. The van der Waals surface area contributed by atoms with Gasteiger partial charge in [0.1, 0.15) is 23.3 Å². The van der Waals surface area contributed by atoms with Crippen molar-refractivity contribution in [1.29, 1.82) is 0 Å². The Morgan fingerprint density at radius 1 is 0.800 bits per heavy atom. The highest BCUT2D eigenvalue weighted by Crippen LogP contribution is 2.27. The third-order valence-corrected chi connectivity index (χ3v) is 5.43. The van der Waals surface area contributed by atoms with Crippen LogP contribution in [0.15, 0.2) is 0 Å². The molecule has 2 rings (SSSR count). The van der Waals surface area contributed by atoms with Crippen molar-refractivity contribution in [2.24, 2.45) is 11.8 Å². The van der Waals surface area contributed by atoms with E-state index in [0.717, 1.165) is 5.06 Å². The van der Waals surface area contributed by atoms with Gasteiger partial charge in [-0.05, 0) is 66.2 Å². The first kappa shape index (κ1) is 30.5. The number of hydrogen-bond acceptors (Lipinski definition) is 7. The zero-order valence-electron chi connectivity index (χ0n) is 22.8. The van der Waals surface area contributed by atoms with E-state index in [1.165, 1.54) is 16.9 Å². The fourth-order valence-corrected chi connectivity index (χ4v) is 3.90. The molecule has 0 aromatic carbocycles. The maximum absolute atomic E-state index is 12.2. The molecule has 0 saturated carbocycles. The molecule has 2 aliphatic heterocycles. The minimum absolute atomic E-state index is 0.202. The first-order valence-electron chi connectivity index (χ1n) is 11.9. The molecular formula is C24H43N3O8. The SMILES string of the molecule is CON(C)C(=O)[C@H]1C[C@@H](C)CN1C(=O)OC(C)(C)C.C[C@@H]1C[C@H](C(=O)O)N(C(=O)OC(C)(C)C)C1. The number of hydrogen-bond donors (Lipinski definition) is 1. The Morgan fingerprint density at radius 2 is 1.17 bits per heavy atom. The Hall–Kier alpha value is -2.56. The van der Waals surface area contributed by atoms with Crippen molar-refractivity contribution in [3.8, 4) is 0 Å². The normalized spacial score (nSPS) is 24.4. The summed E-state index contributed by atoms with van der Waals surface area (Å²) < 4.78 is 10.5. The largest absolute Gasteiger partial charge is 0.480 e. The molecule has 0 unspecified atom stereocenters. The highest BCUT2D eigenvalue weighted by Gasteiger charge is 2.41. The van der Waals surface area contributed by atoms with Crippen LogP contribution in [0, 0.1) is 11.8 Å². The van der Waals surface area contributed by atoms with Gasteiger partial charge in [0, 0.05) is 20.1 Å². The van der Waals surface area contributed by atoms with Crippen molar-refractivity contribution in [2.45, 2.75) is 91.5 Å². The lowest BCUT2D eigenvalue weighted by molar-refractivity contribution is -0.173. The van der Waals surface area contributed by atoms with Gasteiger partial charge in [0.2, 0.25) is 0 Å². The summed E-state index contributed by atoms with van der Waals surface area (Å²) in [5.74, 6) is -0.715. The van der Waals surface area contributed by atoms with E-state index in [1.807, 2.05) is 34.6 Å². The number of nitrogens with zero attached hydrogens (tertiary/aromatic N) is 3. The van der Waals surface area contributed by atoms with Crippen LogP contribution in [0.25, 0.3) is 0 Å². The molecule has 35 heavy (non-hydrogen) atoms. The number of rotatable bonds is 3. The van der Waals surface area contributed by atoms with Crippen molar-refractivity contribution in [3.05, 3.63) is 0 Å². The average molecular weight is 502 g/mol. The number of carboxylic acids is 1. The van der Waals surface area contributed by atoms with E-state index >= 15 is 0 Å². The molecule has 3 amide bonds. The number of likely N-dealkylation sites (N-methyl/N-ethyl adjacent to an activating group) is 1.